The molecule has 1 aliphatic rings. The molecule has 1 saturated heterocycles. The van der Waals surface area contributed by atoms with Gasteiger partial charge in [-0.05, 0) is 39.0 Å². The molecule has 0 aromatic rings. The Labute approximate surface area is 122 Å². The molecule has 2 N–H and O–H groups in total. The lowest BCUT2D eigenvalue weighted by Gasteiger charge is -2.31. The third kappa shape index (κ3) is 5.77. The summed E-state index contributed by atoms with van der Waals surface area (Å²) < 4.78 is 10.8. The molecule has 5 nitrogen and oxygen atoms in total. The highest BCUT2D eigenvalue weighted by Crippen LogP contribution is 2.18. The molecule has 0 saturated carbocycles. The van der Waals surface area contributed by atoms with Gasteiger partial charge >= 0.3 is 5.97 Å². The van der Waals surface area contributed by atoms with E-state index in [1.165, 1.54) is 0 Å². The highest BCUT2D eigenvalue weighted by atomic mass is 16.5. The fourth-order valence-corrected chi connectivity index (χ4v) is 2.56. The highest BCUT2D eigenvalue weighted by Gasteiger charge is 2.27. The second-order valence-electron chi connectivity index (χ2n) is 5.95. The van der Waals surface area contributed by atoms with Crippen LogP contribution in [0.5, 0.6) is 0 Å². The molecular formula is C15H29NO4. The van der Waals surface area contributed by atoms with Gasteiger partial charge in [0, 0.05) is 12.6 Å². The van der Waals surface area contributed by atoms with Crippen molar-refractivity contribution >= 4 is 5.97 Å². The molecule has 0 aromatic carbocycles. The number of hydrogen-bond donors (Lipinski definition) is 2. The predicted molar refractivity (Wildman–Crippen MR) is 77.5 cm³/mol. The number of esters is 1. The van der Waals surface area contributed by atoms with E-state index < -0.39 is 0 Å². The summed E-state index contributed by atoms with van der Waals surface area (Å²) in [5.41, 5.74) is 0. The van der Waals surface area contributed by atoms with E-state index in [1.807, 2.05) is 27.7 Å². The van der Waals surface area contributed by atoms with E-state index in [2.05, 4.69) is 5.32 Å². The van der Waals surface area contributed by atoms with E-state index in [1.54, 1.807) is 0 Å². The van der Waals surface area contributed by atoms with Crippen molar-refractivity contribution in [2.75, 3.05) is 13.2 Å². The van der Waals surface area contributed by atoms with E-state index in [9.17, 15) is 9.90 Å². The van der Waals surface area contributed by atoms with E-state index in [0.717, 1.165) is 12.8 Å². The van der Waals surface area contributed by atoms with Gasteiger partial charge in [-0.15, -0.1) is 0 Å². The van der Waals surface area contributed by atoms with Crippen LogP contribution in [0.4, 0.5) is 0 Å². The maximum Gasteiger partial charge on any atom is 0.323 e. The molecule has 1 rings (SSSR count). The number of nitrogens with one attached hydrogen (secondary N) is 1. The first-order valence-corrected chi connectivity index (χ1v) is 7.66. The van der Waals surface area contributed by atoms with Crippen LogP contribution in [0.2, 0.25) is 0 Å². The Morgan fingerprint density at radius 1 is 1.45 bits per heavy atom. The zero-order valence-corrected chi connectivity index (χ0v) is 13.1. The summed E-state index contributed by atoms with van der Waals surface area (Å²) in [6.07, 6.45) is 2.00. The van der Waals surface area contributed by atoms with Crippen molar-refractivity contribution in [3.8, 4) is 0 Å². The fourth-order valence-electron chi connectivity index (χ4n) is 2.56. The fraction of sp³-hybridized carbons (Fsp3) is 0.933. The molecule has 0 aliphatic carbocycles. The minimum absolute atomic E-state index is 0.0660. The van der Waals surface area contributed by atoms with Gasteiger partial charge in [0.2, 0.25) is 0 Å². The van der Waals surface area contributed by atoms with Crippen LogP contribution in [0.3, 0.4) is 0 Å². The van der Waals surface area contributed by atoms with E-state index in [4.69, 9.17) is 9.47 Å². The van der Waals surface area contributed by atoms with Crippen molar-refractivity contribution in [2.24, 2.45) is 5.92 Å². The minimum atomic E-state index is -0.293. The lowest BCUT2D eigenvalue weighted by Crippen LogP contribution is -2.48. The van der Waals surface area contributed by atoms with Gasteiger partial charge < -0.3 is 19.9 Å². The molecule has 1 aliphatic heterocycles. The summed E-state index contributed by atoms with van der Waals surface area (Å²) in [5, 5.41) is 13.0. The largest absolute Gasteiger partial charge is 0.465 e. The van der Waals surface area contributed by atoms with Crippen molar-refractivity contribution in [1.29, 1.82) is 0 Å². The molecule has 0 aromatic heterocycles. The summed E-state index contributed by atoms with van der Waals surface area (Å²) in [7, 11) is 0. The third-order valence-corrected chi connectivity index (χ3v) is 3.63. The van der Waals surface area contributed by atoms with Crippen molar-refractivity contribution in [2.45, 2.75) is 71.2 Å². The Kier molecular flexibility index (Phi) is 7.48. The lowest BCUT2D eigenvalue weighted by molar-refractivity contribution is -0.147. The standard InChI is InChI=1S/C15H29NO4/c1-5-19-15(18)14(10(2)3)16-11(4)8-13-9-12(17)6-7-20-13/h10-14,16-17H,5-9H2,1-4H3. The van der Waals surface area contributed by atoms with Crippen LogP contribution in [-0.4, -0.2) is 48.6 Å². The van der Waals surface area contributed by atoms with Gasteiger partial charge in [-0.1, -0.05) is 13.8 Å². The van der Waals surface area contributed by atoms with Gasteiger partial charge in [0.05, 0.1) is 18.8 Å². The van der Waals surface area contributed by atoms with Crippen LogP contribution < -0.4 is 5.32 Å². The number of carbonyl (C=O) groups excluding carboxylic acids is 1. The molecule has 0 bridgehead atoms. The van der Waals surface area contributed by atoms with Crippen LogP contribution in [0, 0.1) is 5.92 Å². The monoisotopic (exact) mass is 287 g/mol. The molecule has 0 spiro atoms. The highest BCUT2D eigenvalue weighted by molar-refractivity contribution is 5.76. The third-order valence-electron chi connectivity index (χ3n) is 3.63. The number of aliphatic hydroxyl groups is 1. The zero-order chi connectivity index (χ0) is 15.1. The molecule has 4 unspecified atom stereocenters. The van der Waals surface area contributed by atoms with Crippen LogP contribution in [-0.2, 0) is 14.3 Å². The molecule has 0 radical (unpaired) electrons. The second-order valence-corrected chi connectivity index (χ2v) is 5.95. The first-order chi connectivity index (χ1) is 9.43. The van der Waals surface area contributed by atoms with Crippen molar-refractivity contribution in [1.82, 2.24) is 5.32 Å². The average molecular weight is 287 g/mol. The molecule has 0 amide bonds. The minimum Gasteiger partial charge on any atom is -0.465 e. The number of aliphatic hydroxyl groups excluding tert-OH is 1. The second kappa shape index (κ2) is 8.60. The summed E-state index contributed by atoms with van der Waals surface area (Å²) in [5.74, 6) is -0.0201. The van der Waals surface area contributed by atoms with Crippen LogP contribution >= 0.6 is 0 Å². The van der Waals surface area contributed by atoms with E-state index in [0.29, 0.717) is 19.6 Å². The zero-order valence-electron chi connectivity index (χ0n) is 13.1. The van der Waals surface area contributed by atoms with Gasteiger partial charge in [-0.25, -0.2) is 0 Å². The number of carbonyl (C=O) groups is 1. The summed E-state index contributed by atoms with van der Waals surface area (Å²) in [6, 6.07) is -0.152. The molecule has 4 atom stereocenters. The maximum absolute atomic E-state index is 11.9. The van der Waals surface area contributed by atoms with Crippen molar-refractivity contribution in [3.63, 3.8) is 0 Å². The summed E-state index contributed by atoms with van der Waals surface area (Å²) in [4.78, 5) is 11.9. The Morgan fingerprint density at radius 3 is 2.70 bits per heavy atom. The van der Waals surface area contributed by atoms with Crippen molar-refractivity contribution in [3.05, 3.63) is 0 Å². The number of ether oxygens (including phenoxy) is 2. The Morgan fingerprint density at radius 2 is 2.15 bits per heavy atom. The van der Waals surface area contributed by atoms with Crippen LogP contribution in [0.25, 0.3) is 0 Å². The van der Waals surface area contributed by atoms with Gasteiger partial charge in [-0.3, -0.25) is 4.79 Å². The SMILES string of the molecule is CCOC(=O)C(NC(C)CC1CC(O)CCO1)C(C)C. The topological polar surface area (TPSA) is 67.8 Å². The molecule has 118 valence electrons. The quantitative estimate of drug-likeness (QED) is 0.694. The molecule has 5 heteroatoms. The van der Waals surface area contributed by atoms with Gasteiger partial charge in [0.25, 0.3) is 0 Å². The van der Waals surface area contributed by atoms with Gasteiger partial charge in [0.1, 0.15) is 6.04 Å². The predicted octanol–water partition coefficient (Wildman–Crippen LogP) is 1.48. The molecular weight excluding hydrogens is 258 g/mol. The lowest BCUT2D eigenvalue weighted by atomic mass is 9.98. The summed E-state index contributed by atoms with van der Waals surface area (Å²) in [6.45, 7) is 8.87. The Hall–Kier alpha value is -0.650. The Bertz CT molecular complexity index is 296. The van der Waals surface area contributed by atoms with Crippen molar-refractivity contribution < 1.29 is 19.4 Å². The maximum atomic E-state index is 11.9. The first-order valence-electron chi connectivity index (χ1n) is 7.66. The van der Waals surface area contributed by atoms with Gasteiger partial charge in [-0.2, -0.15) is 0 Å². The molecule has 1 fully saturated rings. The first kappa shape index (κ1) is 17.4. The normalized spacial score (nSPS) is 26.3. The molecule has 20 heavy (non-hydrogen) atoms. The smallest absolute Gasteiger partial charge is 0.323 e. The Balaban J connectivity index is 2.44. The number of hydrogen-bond acceptors (Lipinski definition) is 5. The van der Waals surface area contributed by atoms with Gasteiger partial charge in [0.15, 0.2) is 0 Å². The van der Waals surface area contributed by atoms with E-state index in [-0.39, 0.29) is 36.2 Å². The van der Waals surface area contributed by atoms with Crippen LogP contribution in [0.1, 0.15) is 47.0 Å². The van der Waals surface area contributed by atoms with E-state index >= 15 is 0 Å². The number of rotatable bonds is 7. The van der Waals surface area contributed by atoms with Crippen LogP contribution in [0.15, 0.2) is 0 Å². The molecule has 1 heterocycles. The summed E-state index contributed by atoms with van der Waals surface area (Å²) >= 11 is 0. The average Bonchev–Trinajstić information content (AvgIpc) is 2.35.